The minimum Gasteiger partial charge on any atom is -0.366 e. The normalized spacial score (nSPS) is 24.3. The zero-order valence-electron chi connectivity index (χ0n) is 10.7. The van der Waals surface area contributed by atoms with Crippen LogP contribution in [0.1, 0.15) is 25.5 Å². The smallest absolute Gasteiger partial charge is 0.254 e. The quantitative estimate of drug-likeness (QED) is 0.827. The Hall–Kier alpha value is -1.69. The van der Waals surface area contributed by atoms with E-state index in [0.717, 1.165) is 18.1 Å². The maximum absolute atomic E-state index is 4.34. The zero-order chi connectivity index (χ0) is 12.5. The van der Waals surface area contributed by atoms with Gasteiger partial charge in [0.15, 0.2) is 0 Å². The Kier molecular flexibility index (Phi) is 2.87. The van der Waals surface area contributed by atoms with E-state index in [9.17, 15) is 0 Å². The second-order valence-corrected chi connectivity index (χ2v) is 4.89. The van der Waals surface area contributed by atoms with Crippen molar-refractivity contribution in [2.45, 2.75) is 38.8 Å². The molecule has 0 aliphatic carbocycles. The predicted octanol–water partition coefficient (Wildman–Crippen LogP) is 0.985. The Morgan fingerprint density at radius 2 is 2.39 bits per heavy atom. The minimum absolute atomic E-state index is 0.424. The SMILES string of the molecule is Cc1cc(NC2CCCNC2C)n2ncnc2n1. The fourth-order valence-electron chi connectivity index (χ4n) is 2.46. The summed E-state index contributed by atoms with van der Waals surface area (Å²) in [6.45, 7) is 5.29. The highest BCUT2D eigenvalue weighted by molar-refractivity contribution is 5.45. The van der Waals surface area contributed by atoms with Gasteiger partial charge in [0.1, 0.15) is 12.1 Å². The standard InChI is InChI=1S/C12H18N6/c1-8-6-11(18-12(16-8)14-7-15-18)17-10-4-3-5-13-9(10)2/h6-7,9-10,13,17H,3-5H2,1-2H3. The average Bonchev–Trinajstić information content (AvgIpc) is 2.80. The molecule has 0 bridgehead atoms. The Morgan fingerprint density at radius 1 is 1.50 bits per heavy atom. The topological polar surface area (TPSA) is 67.1 Å². The van der Waals surface area contributed by atoms with E-state index in [1.54, 1.807) is 4.52 Å². The van der Waals surface area contributed by atoms with Crippen molar-refractivity contribution in [3.05, 3.63) is 18.1 Å². The van der Waals surface area contributed by atoms with Gasteiger partial charge in [0.05, 0.1) is 0 Å². The van der Waals surface area contributed by atoms with Crippen LogP contribution < -0.4 is 10.6 Å². The van der Waals surface area contributed by atoms with Gasteiger partial charge in [0, 0.05) is 23.8 Å². The molecule has 96 valence electrons. The van der Waals surface area contributed by atoms with Gasteiger partial charge in [-0.2, -0.15) is 14.6 Å². The van der Waals surface area contributed by atoms with Crippen molar-refractivity contribution in [1.29, 1.82) is 0 Å². The number of piperidine rings is 1. The molecular weight excluding hydrogens is 228 g/mol. The maximum Gasteiger partial charge on any atom is 0.254 e. The third-order valence-corrected chi connectivity index (χ3v) is 3.47. The first-order valence-corrected chi connectivity index (χ1v) is 6.41. The van der Waals surface area contributed by atoms with Crippen LogP contribution in [0.15, 0.2) is 12.4 Å². The Balaban J connectivity index is 1.91. The van der Waals surface area contributed by atoms with Crippen LogP contribution in [-0.2, 0) is 0 Å². The van der Waals surface area contributed by atoms with Crippen molar-refractivity contribution < 1.29 is 0 Å². The maximum atomic E-state index is 4.34. The molecule has 0 spiro atoms. The van der Waals surface area contributed by atoms with Crippen molar-refractivity contribution in [3.8, 4) is 0 Å². The molecule has 1 aliphatic heterocycles. The van der Waals surface area contributed by atoms with Crippen molar-refractivity contribution in [2.75, 3.05) is 11.9 Å². The molecule has 3 rings (SSSR count). The van der Waals surface area contributed by atoms with Crippen LogP contribution in [0.2, 0.25) is 0 Å². The molecule has 1 aliphatic rings. The zero-order valence-corrected chi connectivity index (χ0v) is 10.7. The average molecular weight is 246 g/mol. The van der Waals surface area contributed by atoms with E-state index in [0.29, 0.717) is 17.9 Å². The number of hydrogen-bond donors (Lipinski definition) is 2. The van der Waals surface area contributed by atoms with Crippen LogP contribution in [0, 0.1) is 6.92 Å². The molecule has 2 aromatic heterocycles. The van der Waals surface area contributed by atoms with Gasteiger partial charge in [-0.05, 0) is 33.2 Å². The minimum atomic E-state index is 0.424. The molecule has 2 aromatic rings. The van der Waals surface area contributed by atoms with Gasteiger partial charge >= 0.3 is 0 Å². The van der Waals surface area contributed by atoms with Gasteiger partial charge in [-0.25, -0.2) is 4.98 Å². The van der Waals surface area contributed by atoms with Crippen LogP contribution in [0.5, 0.6) is 0 Å². The van der Waals surface area contributed by atoms with Gasteiger partial charge in [-0.15, -0.1) is 0 Å². The fourth-order valence-corrected chi connectivity index (χ4v) is 2.46. The Bertz CT molecular complexity index is 548. The Morgan fingerprint density at radius 3 is 3.22 bits per heavy atom. The summed E-state index contributed by atoms with van der Waals surface area (Å²) in [6, 6.07) is 2.90. The van der Waals surface area contributed by atoms with Gasteiger partial charge in [0.25, 0.3) is 5.78 Å². The van der Waals surface area contributed by atoms with Crippen LogP contribution >= 0.6 is 0 Å². The number of nitrogens with one attached hydrogen (secondary N) is 2. The number of hydrogen-bond acceptors (Lipinski definition) is 5. The van der Waals surface area contributed by atoms with E-state index in [-0.39, 0.29) is 0 Å². The summed E-state index contributed by atoms with van der Waals surface area (Å²) in [5, 5.41) is 11.3. The predicted molar refractivity (Wildman–Crippen MR) is 69.6 cm³/mol. The second-order valence-electron chi connectivity index (χ2n) is 4.89. The molecule has 3 heterocycles. The summed E-state index contributed by atoms with van der Waals surface area (Å²) >= 11 is 0. The first-order valence-electron chi connectivity index (χ1n) is 6.41. The van der Waals surface area contributed by atoms with E-state index < -0.39 is 0 Å². The lowest BCUT2D eigenvalue weighted by Gasteiger charge is -2.31. The van der Waals surface area contributed by atoms with Gasteiger partial charge in [0.2, 0.25) is 0 Å². The number of rotatable bonds is 2. The molecule has 0 saturated carbocycles. The molecule has 2 N–H and O–H groups in total. The molecule has 0 amide bonds. The summed E-state index contributed by atoms with van der Waals surface area (Å²) in [5.41, 5.74) is 0.953. The fraction of sp³-hybridized carbons (Fsp3) is 0.583. The number of fused-ring (bicyclic) bond motifs is 1. The van der Waals surface area contributed by atoms with E-state index in [4.69, 9.17) is 0 Å². The lowest BCUT2D eigenvalue weighted by atomic mass is 10.00. The third-order valence-electron chi connectivity index (χ3n) is 3.47. The molecule has 0 radical (unpaired) electrons. The van der Waals surface area contributed by atoms with E-state index >= 15 is 0 Å². The summed E-state index contributed by atoms with van der Waals surface area (Å²) < 4.78 is 1.76. The largest absolute Gasteiger partial charge is 0.366 e. The lowest BCUT2D eigenvalue weighted by Crippen LogP contribution is -2.46. The molecular formula is C12H18N6. The van der Waals surface area contributed by atoms with Gasteiger partial charge in [-0.3, -0.25) is 0 Å². The summed E-state index contributed by atoms with van der Waals surface area (Å²) in [5.74, 6) is 1.62. The van der Waals surface area contributed by atoms with Crippen LogP contribution in [0.25, 0.3) is 5.78 Å². The van der Waals surface area contributed by atoms with Crippen molar-refractivity contribution in [2.24, 2.45) is 0 Å². The first kappa shape index (κ1) is 11.4. The van der Waals surface area contributed by atoms with E-state index in [1.165, 1.54) is 19.2 Å². The second kappa shape index (κ2) is 4.53. The molecule has 1 saturated heterocycles. The van der Waals surface area contributed by atoms with Crippen LogP contribution in [0.3, 0.4) is 0 Å². The molecule has 1 fully saturated rings. The number of nitrogens with zero attached hydrogens (tertiary/aromatic N) is 4. The van der Waals surface area contributed by atoms with E-state index in [2.05, 4.69) is 32.6 Å². The number of aromatic nitrogens is 4. The highest BCUT2D eigenvalue weighted by atomic mass is 15.4. The van der Waals surface area contributed by atoms with Crippen LogP contribution in [0.4, 0.5) is 5.82 Å². The van der Waals surface area contributed by atoms with Crippen molar-refractivity contribution >= 4 is 11.6 Å². The Labute approximate surface area is 106 Å². The molecule has 18 heavy (non-hydrogen) atoms. The highest BCUT2D eigenvalue weighted by Crippen LogP contribution is 2.16. The summed E-state index contributed by atoms with van der Waals surface area (Å²) in [7, 11) is 0. The van der Waals surface area contributed by atoms with Crippen LogP contribution in [-0.4, -0.2) is 38.2 Å². The molecule has 6 nitrogen and oxygen atoms in total. The monoisotopic (exact) mass is 246 g/mol. The van der Waals surface area contributed by atoms with Gasteiger partial charge < -0.3 is 10.6 Å². The molecule has 6 heteroatoms. The lowest BCUT2D eigenvalue weighted by molar-refractivity contribution is 0.388. The van der Waals surface area contributed by atoms with Crippen molar-refractivity contribution in [3.63, 3.8) is 0 Å². The summed E-state index contributed by atoms with van der Waals surface area (Å²) in [6.07, 6.45) is 3.91. The molecule has 2 atom stereocenters. The van der Waals surface area contributed by atoms with Gasteiger partial charge in [-0.1, -0.05) is 0 Å². The summed E-state index contributed by atoms with van der Waals surface area (Å²) in [4.78, 5) is 8.48. The number of anilines is 1. The third kappa shape index (κ3) is 2.03. The molecule has 2 unspecified atom stereocenters. The number of aryl methyl sites for hydroxylation is 1. The van der Waals surface area contributed by atoms with E-state index in [1.807, 2.05) is 13.0 Å². The van der Waals surface area contributed by atoms with Crippen molar-refractivity contribution in [1.82, 2.24) is 24.9 Å². The highest BCUT2D eigenvalue weighted by Gasteiger charge is 2.21. The first-order chi connectivity index (χ1) is 8.74. The molecule has 0 aromatic carbocycles.